The molecule has 340 valence electrons. The third-order valence-corrected chi connectivity index (χ3v) is 11.8. The van der Waals surface area contributed by atoms with Gasteiger partial charge in [0.2, 0.25) is 11.6 Å². The second-order valence-electron chi connectivity index (χ2n) is 14.9. The van der Waals surface area contributed by atoms with Gasteiger partial charge in [-0.3, -0.25) is 29.1 Å². The van der Waals surface area contributed by atoms with Gasteiger partial charge in [-0.25, -0.2) is 28.7 Å². The van der Waals surface area contributed by atoms with Gasteiger partial charge in [-0.15, -0.1) is 22.7 Å². The molecule has 0 bridgehead atoms. The molecule has 66 heavy (non-hydrogen) atoms. The molecule has 0 fully saturated rings. The van der Waals surface area contributed by atoms with E-state index in [1.54, 1.807) is 47.7 Å². The summed E-state index contributed by atoms with van der Waals surface area (Å²) < 4.78 is 36.5. The van der Waals surface area contributed by atoms with Gasteiger partial charge in [0.05, 0.1) is 71.7 Å². The maximum absolute atomic E-state index is 13.2. The molecule has 8 rings (SSSR count). The zero-order valence-corrected chi connectivity index (χ0v) is 37.0. The van der Waals surface area contributed by atoms with Crippen LogP contribution < -0.4 is 10.6 Å². The van der Waals surface area contributed by atoms with E-state index in [0.717, 1.165) is 48.2 Å². The van der Waals surface area contributed by atoms with Crippen LogP contribution in [0.4, 0.5) is 8.78 Å². The highest BCUT2D eigenvalue weighted by Crippen LogP contribution is 2.26. The molecule has 16 nitrogen and oxygen atoms in total. The molecule has 8 aromatic rings. The fourth-order valence-electron chi connectivity index (χ4n) is 6.81. The standard InChI is InChI=1S/2C23H22FN5O3S/c2*24-16-8-6-15(7-9-16)18-12-27-21(28-18)17(29-22(31)20-13-25-14-33-20)4-2-1-3-5-19(30)23-26-10-11-32-23/h2*6-14,17H,1-5H2,(H,27,28)(H,29,31)/t2*17-/m10/s1. The van der Waals surface area contributed by atoms with Crippen LogP contribution in [0.15, 0.2) is 118 Å². The molecule has 0 aliphatic rings. The summed E-state index contributed by atoms with van der Waals surface area (Å²) in [6.07, 6.45) is 18.6. The van der Waals surface area contributed by atoms with Crippen molar-refractivity contribution in [3.8, 4) is 22.5 Å². The van der Waals surface area contributed by atoms with E-state index < -0.39 is 0 Å². The number of imidazole rings is 2. The lowest BCUT2D eigenvalue weighted by Crippen LogP contribution is -2.28. The van der Waals surface area contributed by atoms with Crippen molar-refractivity contribution in [3.05, 3.63) is 154 Å². The van der Waals surface area contributed by atoms with Crippen molar-refractivity contribution >= 4 is 46.1 Å². The Balaban J connectivity index is 0.000000196. The summed E-state index contributed by atoms with van der Waals surface area (Å²) in [7, 11) is 0. The van der Waals surface area contributed by atoms with Crippen molar-refractivity contribution in [3.63, 3.8) is 0 Å². The number of hydrogen-bond acceptors (Lipinski definition) is 14. The summed E-state index contributed by atoms with van der Waals surface area (Å²) in [5.41, 5.74) is 6.28. The van der Waals surface area contributed by atoms with Crippen LogP contribution in [-0.4, -0.2) is 63.3 Å². The van der Waals surface area contributed by atoms with Gasteiger partial charge >= 0.3 is 0 Å². The predicted octanol–water partition coefficient (Wildman–Crippen LogP) is 9.93. The number of ketones is 2. The fourth-order valence-corrected chi connectivity index (χ4v) is 7.85. The van der Waals surface area contributed by atoms with Gasteiger partial charge in [-0.2, -0.15) is 0 Å². The van der Waals surface area contributed by atoms with Crippen molar-refractivity contribution in [2.45, 2.75) is 76.3 Å². The van der Waals surface area contributed by atoms with E-state index in [0.29, 0.717) is 59.9 Å². The number of Topliss-reactive ketones (excluding diaryl/α,β-unsaturated/α-hetero) is 2. The molecule has 0 saturated heterocycles. The average molecular weight is 935 g/mol. The van der Waals surface area contributed by atoms with E-state index in [1.807, 2.05) is 0 Å². The molecule has 2 atom stereocenters. The molecule has 2 amide bonds. The number of amides is 2. The summed E-state index contributed by atoms with van der Waals surface area (Å²) in [6.45, 7) is 0. The minimum absolute atomic E-state index is 0.120. The molecular weight excluding hydrogens is 891 g/mol. The van der Waals surface area contributed by atoms with Gasteiger partial charge in [0.15, 0.2) is 0 Å². The molecule has 0 radical (unpaired) electrons. The highest BCUT2D eigenvalue weighted by atomic mass is 32.1. The first-order valence-corrected chi connectivity index (χ1v) is 22.8. The predicted molar refractivity (Wildman–Crippen MR) is 240 cm³/mol. The summed E-state index contributed by atoms with van der Waals surface area (Å²) >= 11 is 2.53. The van der Waals surface area contributed by atoms with Gasteiger partial charge in [0.1, 0.15) is 45.6 Å². The van der Waals surface area contributed by atoms with Crippen LogP contribution in [0.1, 0.15) is 129 Å². The Morgan fingerprint density at radius 3 is 1.35 bits per heavy atom. The summed E-state index contributed by atoms with van der Waals surface area (Å²) in [5.74, 6) is 0.190. The maximum atomic E-state index is 13.2. The van der Waals surface area contributed by atoms with Crippen LogP contribution in [0.2, 0.25) is 0 Å². The molecular formula is C46H44F2N10O6S2. The van der Waals surface area contributed by atoms with Crippen LogP contribution in [-0.2, 0) is 0 Å². The van der Waals surface area contributed by atoms with Gasteiger partial charge < -0.3 is 29.4 Å². The van der Waals surface area contributed by atoms with Crippen molar-refractivity contribution < 1.29 is 36.8 Å². The Hall–Kier alpha value is -7.32. The van der Waals surface area contributed by atoms with Crippen LogP contribution in [0.3, 0.4) is 0 Å². The number of nitrogens with one attached hydrogen (secondary N) is 4. The monoisotopic (exact) mass is 934 g/mol. The van der Waals surface area contributed by atoms with Crippen molar-refractivity contribution in [2.24, 2.45) is 0 Å². The van der Waals surface area contributed by atoms with E-state index >= 15 is 0 Å². The number of hydrogen-bond donors (Lipinski definition) is 4. The average Bonchev–Trinajstić information content (AvgIpc) is 4.18. The van der Waals surface area contributed by atoms with E-state index in [1.165, 1.54) is 84.3 Å². The number of H-pyrrole nitrogens is 2. The molecule has 6 aromatic heterocycles. The Bertz CT molecular complexity index is 2540. The Kier molecular flexibility index (Phi) is 16.7. The van der Waals surface area contributed by atoms with Gasteiger partial charge in [-0.05, 0) is 85.3 Å². The second kappa shape index (κ2) is 23.6. The Morgan fingerprint density at radius 1 is 0.561 bits per heavy atom. The maximum Gasteiger partial charge on any atom is 0.263 e. The van der Waals surface area contributed by atoms with Gasteiger partial charge in [0.25, 0.3) is 23.6 Å². The minimum atomic E-state index is -0.351. The van der Waals surface area contributed by atoms with E-state index in [9.17, 15) is 28.0 Å². The highest BCUT2D eigenvalue weighted by Gasteiger charge is 2.22. The van der Waals surface area contributed by atoms with Gasteiger partial charge in [-0.1, -0.05) is 25.7 Å². The minimum Gasteiger partial charge on any atom is -0.442 e. The number of nitrogens with zero attached hydrogens (tertiary/aromatic N) is 6. The molecule has 2 aromatic carbocycles. The first-order chi connectivity index (χ1) is 32.2. The van der Waals surface area contributed by atoms with E-state index in [4.69, 9.17) is 8.83 Å². The fraction of sp³-hybridized carbons (Fsp3) is 0.261. The molecule has 20 heteroatoms. The second-order valence-corrected chi connectivity index (χ2v) is 16.7. The summed E-state index contributed by atoms with van der Waals surface area (Å²) in [4.78, 5) is 81.4. The first kappa shape index (κ1) is 46.7. The number of unbranched alkanes of at least 4 members (excludes halogenated alkanes) is 4. The van der Waals surface area contributed by atoms with Gasteiger partial charge in [0, 0.05) is 12.8 Å². The first-order valence-electron chi connectivity index (χ1n) is 21.1. The Morgan fingerprint density at radius 2 is 0.985 bits per heavy atom. The van der Waals surface area contributed by atoms with E-state index in [2.05, 4.69) is 50.5 Å². The number of aromatic nitrogens is 8. The number of carbonyl (C=O) groups excluding carboxylic acids is 4. The topological polar surface area (TPSA) is 228 Å². The quantitative estimate of drug-likeness (QED) is 0.0368. The molecule has 0 saturated carbocycles. The lowest BCUT2D eigenvalue weighted by atomic mass is 10.0. The number of halogens is 2. The number of thiazole rings is 2. The SMILES string of the molecule is O=C(CCCCC[C@@H](NC(=O)c1cncs1)c1ncc(-c2ccc(F)cc2)[nH]1)c1ncco1.O=C(CCCCC[C@H](NC(=O)c1cncs1)c1ncc(-c2ccc(F)cc2)[nH]1)c1ncco1. The smallest absolute Gasteiger partial charge is 0.263 e. The largest absolute Gasteiger partial charge is 0.442 e. The third-order valence-electron chi connectivity index (χ3n) is 10.2. The van der Waals surface area contributed by atoms with Crippen LogP contribution in [0.25, 0.3) is 22.5 Å². The number of rotatable bonds is 22. The third kappa shape index (κ3) is 13.4. The van der Waals surface area contributed by atoms with Crippen LogP contribution in [0, 0.1) is 11.6 Å². The normalized spacial score (nSPS) is 11.9. The van der Waals surface area contributed by atoms with Crippen molar-refractivity contribution in [2.75, 3.05) is 0 Å². The van der Waals surface area contributed by atoms with Crippen LogP contribution in [0.5, 0.6) is 0 Å². The zero-order chi connectivity index (χ0) is 46.1. The highest BCUT2D eigenvalue weighted by molar-refractivity contribution is 7.12. The summed E-state index contributed by atoms with van der Waals surface area (Å²) in [6, 6.07) is 11.5. The molecule has 0 aliphatic heterocycles. The number of aromatic amines is 2. The molecule has 0 unspecified atom stereocenters. The molecule has 0 spiro atoms. The number of carbonyl (C=O) groups is 4. The molecule has 4 N–H and O–H groups in total. The van der Waals surface area contributed by atoms with Crippen molar-refractivity contribution in [1.82, 2.24) is 50.5 Å². The summed E-state index contributed by atoms with van der Waals surface area (Å²) in [5, 5.41) is 6.03. The molecule has 0 aliphatic carbocycles. The van der Waals surface area contributed by atoms with Crippen LogP contribution >= 0.6 is 22.7 Å². The molecule has 6 heterocycles. The van der Waals surface area contributed by atoms with Crippen molar-refractivity contribution in [1.29, 1.82) is 0 Å². The number of benzene rings is 2. The lowest BCUT2D eigenvalue weighted by molar-refractivity contribution is 0.0926. The number of oxazole rings is 2. The Labute approximate surface area is 384 Å². The zero-order valence-electron chi connectivity index (χ0n) is 35.3. The lowest BCUT2D eigenvalue weighted by Gasteiger charge is -2.16. The van der Waals surface area contributed by atoms with E-state index in [-0.39, 0.29) is 58.9 Å².